The van der Waals surface area contributed by atoms with Gasteiger partial charge in [-0.1, -0.05) is 29.8 Å². The molecule has 0 saturated carbocycles. The Morgan fingerprint density at radius 1 is 1.60 bits per heavy atom. The molecule has 0 aromatic heterocycles. The summed E-state index contributed by atoms with van der Waals surface area (Å²) in [4.78, 5) is 1.08. The van der Waals surface area contributed by atoms with Crippen LogP contribution in [-0.2, 0) is 0 Å². The van der Waals surface area contributed by atoms with E-state index in [1.807, 2.05) is 18.2 Å². The monoisotopic (exact) mass is 286 g/mol. The Bertz CT molecular complexity index is 366. The maximum absolute atomic E-state index is 7.52. The van der Waals surface area contributed by atoms with Gasteiger partial charge < -0.3 is 5.73 Å². The van der Waals surface area contributed by atoms with Gasteiger partial charge in [0.2, 0.25) is 0 Å². The molecule has 15 heavy (non-hydrogen) atoms. The molecule has 1 unspecified atom stereocenters. The van der Waals surface area contributed by atoms with Crippen LogP contribution in [0, 0.1) is 5.41 Å². The Labute approximate surface area is 103 Å². The lowest BCUT2D eigenvalue weighted by Crippen LogP contribution is -2.12. The highest BCUT2D eigenvalue weighted by atomic mass is 79.9. The third-order valence-electron chi connectivity index (χ3n) is 2.13. The summed E-state index contributed by atoms with van der Waals surface area (Å²) in [5.41, 5.74) is 6.36. The maximum Gasteiger partial charge on any atom is 0.123 e. The predicted octanol–water partition coefficient (Wildman–Crippen LogP) is 3.62. The highest BCUT2D eigenvalue weighted by Crippen LogP contribution is 2.30. The van der Waals surface area contributed by atoms with Gasteiger partial charge in [-0.3, -0.25) is 5.41 Å². The summed E-state index contributed by atoms with van der Waals surface area (Å²) in [6, 6.07) is 5.89. The fourth-order valence-corrected chi connectivity index (χ4v) is 2.52. The molecule has 2 nitrogen and oxygen atoms in total. The highest BCUT2D eigenvalue weighted by molar-refractivity contribution is 9.10. The van der Waals surface area contributed by atoms with Gasteiger partial charge in [-0.05, 0) is 24.6 Å². The van der Waals surface area contributed by atoms with Crippen LogP contribution in [0.4, 0.5) is 0 Å². The first-order valence-corrected chi connectivity index (χ1v) is 6.52. The number of nitrogens with one attached hydrogen (secondary N) is 1. The maximum atomic E-state index is 7.52. The second-order valence-corrected chi connectivity index (χ2v) is 5.79. The van der Waals surface area contributed by atoms with E-state index in [2.05, 4.69) is 29.8 Å². The second kappa shape index (κ2) is 5.56. The molecule has 0 amide bonds. The predicted molar refractivity (Wildman–Crippen MR) is 70.8 cm³/mol. The molecule has 0 radical (unpaired) electrons. The second-order valence-electron chi connectivity index (χ2n) is 3.39. The molecule has 0 aliphatic carbocycles. The lowest BCUT2D eigenvalue weighted by atomic mass is 10.2. The normalized spacial score (nSPS) is 12.5. The van der Waals surface area contributed by atoms with E-state index in [9.17, 15) is 0 Å². The van der Waals surface area contributed by atoms with Crippen molar-refractivity contribution in [2.75, 3.05) is 0 Å². The van der Waals surface area contributed by atoms with Gasteiger partial charge >= 0.3 is 0 Å². The molecule has 1 atom stereocenters. The average molecular weight is 287 g/mol. The van der Waals surface area contributed by atoms with E-state index in [1.54, 1.807) is 11.8 Å². The average Bonchev–Trinajstić information content (AvgIpc) is 2.20. The molecule has 0 aliphatic rings. The largest absolute Gasteiger partial charge is 0.384 e. The lowest BCUT2D eigenvalue weighted by molar-refractivity contribution is 0.905. The molecule has 0 saturated heterocycles. The molecular formula is C11H15BrN2S. The van der Waals surface area contributed by atoms with Gasteiger partial charge in [0.1, 0.15) is 5.84 Å². The van der Waals surface area contributed by atoms with E-state index in [0.29, 0.717) is 5.25 Å². The van der Waals surface area contributed by atoms with Crippen LogP contribution in [-0.4, -0.2) is 11.1 Å². The summed E-state index contributed by atoms with van der Waals surface area (Å²) in [7, 11) is 0. The van der Waals surface area contributed by atoms with Crippen LogP contribution in [0.25, 0.3) is 0 Å². The van der Waals surface area contributed by atoms with E-state index in [1.165, 1.54) is 0 Å². The van der Waals surface area contributed by atoms with Gasteiger partial charge in [0.05, 0.1) is 0 Å². The zero-order valence-corrected chi connectivity index (χ0v) is 11.3. The number of benzene rings is 1. The number of nitrogens with two attached hydrogens (primary N) is 1. The van der Waals surface area contributed by atoms with Gasteiger partial charge in [0, 0.05) is 20.2 Å². The Morgan fingerprint density at radius 3 is 2.80 bits per heavy atom. The minimum absolute atomic E-state index is 0.127. The van der Waals surface area contributed by atoms with Crippen molar-refractivity contribution in [2.24, 2.45) is 5.73 Å². The Kier molecular flexibility index (Phi) is 4.67. The molecule has 1 rings (SSSR count). The number of thioether (sulfide) groups is 1. The molecule has 3 N–H and O–H groups in total. The van der Waals surface area contributed by atoms with Crippen LogP contribution >= 0.6 is 27.7 Å². The van der Waals surface area contributed by atoms with Crippen LogP contribution < -0.4 is 5.73 Å². The van der Waals surface area contributed by atoms with Crippen LogP contribution in [0.5, 0.6) is 0 Å². The van der Waals surface area contributed by atoms with Gasteiger partial charge in [-0.25, -0.2) is 0 Å². The number of halogens is 1. The van der Waals surface area contributed by atoms with E-state index in [-0.39, 0.29) is 5.84 Å². The molecule has 0 fully saturated rings. The summed E-state index contributed by atoms with van der Waals surface area (Å²) >= 11 is 5.15. The summed E-state index contributed by atoms with van der Waals surface area (Å²) in [5, 5.41) is 8.06. The molecule has 0 bridgehead atoms. The van der Waals surface area contributed by atoms with Crippen molar-refractivity contribution in [1.82, 2.24) is 0 Å². The van der Waals surface area contributed by atoms with Crippen molar-refractivity contribution in [1.29, 1.82) is 5.41 Å². The van der Waals surface area contributed by atoms with Crippen molar-refractivity contribution in [3.63, 3.8) is 0 Å². The van der Waals surface area contributed by atoms with Gasteiger partial charge in [0.15, 0.2) is 0 Å². The summed E-state index contributed by atoms with van der Waals surface area (Å²) in [6.07, 6.45) is 1.11. The first kappa shape index (κ1) is 12.6. The fraction of sp³-hybridized carbons (Fsp3) is 0.364. The number of amidine groups is 1. The van der Waals surface area contributed by atoms with E-state index in [4.69, 9.17) is 11.1 Å². The molecule has 82 valence electrons. The van der Waals surface area contributed by atoms with Gasteiger partial charge in [0.25, 0.3) is 0 Å². The zero-order chi connectivity index (χ0) is 11.4. The lowest BCUT2D eigenvalue weighted by Gasteiger charge is -2.12. The molecule has 0 heterocycles. The zero-order valence-electron chi connectivity index (χ0n) is 8.88. The molecular weight excluding hydrogens is 272 g/mol. The number of hydrogen-bond donors (Lipinski definition) is 2. The van der Waals surface area contributed by atoms with E-state index < -0.39 is 0 Å². The van der Waals surface area contributed by atoms with Crippen molar-refractivity contribution in [2.45, 2.75) is 30.4 Å². The number of hydrogen-bond acceptors (Lipinski definition) is 2. The summed E-state index contributed by atoms with van der Waals surface area (Å²) < 4.78 is 0.959. The molecule has 0 aliphatic heterocycles. The smallest absolute Gasteiger partial charge is 0.123 e. The van der Waals surface area contributed by atoms with Crippen molar-refractivity contribution in [3.05, 3.63) is 28.2 Å². The quantitative estimate of drug-likeness (QED) is 0.505. The SMILES string of the molecule is CCC(C)Sc1ccc(Br)cc1C(=N)N. The minimum Gasteiger partial charge on any atom is -0.384 e. The third kappa shape index (κ3) is 3.54. The fourth-order valence-electron chi connectivity index (χ4n) is 1.12. The van der Waals surface area contributed by atoms with Crippen LogP contribution in [0.2, 0.25) is 0 Å². The molecule has 4 heteroatoms. The standard InChI is InChI=1S/C11H15BrN2S/c1-3-7(2)15-10-5-4-8(12)6-9(10)11(13)14/h4-7H,3H2,1-2H3,(H3,13,14). The number of rotatable bonds is 4. The van der Waals surface area contributed by atoms with Crippen molar-refractivity contribution in [3.8, 4) is 0 Å². The minimum atomic E-state index is 0.127. The van der Waals surface area contributed by atoms with Gasteiger partial charge in [-0.15, -0.1) is 11.8 Å². The van der Waals surface area contributed by atoms with E-state index >= 15 is 0 Å². The van der Waals surface area contributed by atoms with E-state index in [0.717, 1.165) is 21.4 Å². The van der Waals surface area contributed by atoms with Crippen molar-refractivity contribution < 1.29 is 0 Å². The van der Waals surface area contributed by atoms with Crippen LogP contribution in [0.3, 0.4) is 0 Å². The first-order chi connectivity index (χ1) is 7.04. The Morgan fingerprint density at radius 2 is 2.27 bits per heavy atom. The summed E-state index contributed by atoms with van der Waals surface area (Å²) in [6.45, 7) is 4.33. The number of nitrogen functional groups attached to an aromatic ring is 1. The Hall–Kier alpha value is -0.480. The molecule has 0 spiro atoms. The highest BCUT2D eigenvalue weighted by Gasteiger charge is 2.09. The first-order valence-electron chi connectivity index (χ1n) is 4.85. The third-order valence-corrected chi connectivity index (χ3v) is 3.97. The molecule has 1 aromatic rings. The topological polar surface area (TPSA) is 49.9 Å². The summed E-state index contributed by atoms with van der Waals surface area (Å²) in [5.74, 6) is 0.127. The van der Waals surface area contributed by atoms with Crippen molar-refractivity contribution >= 4 is 33.5 Å². The van der Waals surface area contributed by atoms with Crippen LogP contribution in [0.15, 0.2) is 27.6 Å². The van der Waals surface area contributed by atoms with Crippen LogP contribution in [0.1, 0.15) is 25.8 Å². The van der Waals surface area contributed by atoms with Gasteiger partial charge in [-0.2, -0.15) is 0 Å². The molecule has 1 aromatic carbocycles. The Balaban J connectivity index is 3.01.